The molecule has 136 valence electrons. The molecule has 9 heteroatoms. The van der Waals surface area contributed by atoms with Gasteiger partial charge in [0.05, 0.1) is 17.1 Å². The van der Waals surface area contributed by atoms with E-state index >= 15 is 0 Å². The number of aromatic amines is 1. The third-order valence-electron chi connectivity index (χ3n) is 4.66. The molecule has 0 spiro atoms. The Hall–Kier alpha value is -1.84. The summed E-state index contributed by atoms with van der Waals surface area (Å²) in [6.45, 7) is 4.97. The molecule has 1 fully saturated rings. The van der Waals surface area contributed by atoms with E-state index in [0.29, 0.717) is 19.5 Å². The quantitative estimate of drug-likeness (QED) is 0.859. The first-order valence-electron chi connectivity index (χ1n) is 8.30. The van der Waals surface area contributed by atoms with Crippen LogP contribution in [0.3, 0.4) is 0 Å². The maximum absolute atomic E-state index is 12.3. The van der Waals surface area contributed by atoms with Crippen molar-refractivity contribution >= 4 is 10.2 Å². The molecule has 0 bridgehead atoms. The van der Waals surface area contributed by atoms with Gasteiger partial charge in [-0.3, -0.25) is 15.1 Å². The summed E-state index contributed by atoms with van der Waals surface area (Å²) in [5.74, 6) is 0.234. The van der Waals surface area contributed by atoms with Gasteiger partial charge in [-0.05, 0) is 32.6 Å². The highest BCUT2D eigenvalue weighted by Crippen LogP contribution is 2.29. The largest absolute Gasteiger partial charge is 0.282 e. The monoisotopic (exact) mass is 364 g/mol. The minimum absolute atomic E-state index is 0.234. The fraction of sp³-hybridized carbons (Fsp3) is 0.562. The van der Waals surface area contributed by atoms with E-state index in [2.05, 4.69) is 20.2 Å². The molecule has 0 radical (unpaired) electrons. The van der Waals surface area contributed by atoms with Crippen LogP contribution in [0.4, 0.5) is 0 Å². The van der Waals surface area contributed by atoms with Crippen LogP contribution in [-0.2, 0) is 16.6 Å². The van der Waals surface area contributed by atoms with Crippen molar-refractivity contribution in [1.29, 1.82) is 0 Å². The van der Waals surface area contributed by atoms with Crippen LogP contribution in [0.1, 0.15) is 23.5 Å². The molecule has 0 aliphatic carbocycles. The van der Waals surface area contributed by atoms with Gasteiger partial charge < -0.3 is 0 Å². The van der Waals surface area contributed by atoms with Crippen molar-refractivity contribution in [1.82, 2.24) is 28.8 Å². The zero-order valence-electron chi connectivity index (χ0n) is 15.0. The molecule has 0 amide bonds. The van der Waals surface area contributed by atoms with Gasteiger partial charge in [0.2, 0.25) is 0 Å². The highest BCUT2D eigenvalue weighted by atomic mass is 32.2. The Morgan fingerprint density at radius 3 is 2.64 bits per heavy atom. The van der Waals surface area contributed by atoms with E-state index in [1.165, 1.54) is 4.31 Å². The number of rotatable bonds is 5. The molecule has 1 aliphatic rings. The van der Waals surface area contributed by atoms with E-state index in [1.807, 2.05) is 13.8 Å². The Kier molecular flexibility index (Phi) is 4.90. The maximum Gasteiger partial charge on any atom is 0.281 e. The normalized spacial score (nSPS) is 19.0. The van der Waals surface area contributed by atoms with Crippen LogP contribution in [0.25, 0.3) is 11.3 Å². The Morgan fingerprint density at radius 1 is 1.28 bits per heavy atom. The van der Waals surface area contributed by atoms with E-state index in [0.717, 1.165) is 34.8 Å². The molecule has 3 heterocycles. The Labute approximate surface area is 148 Å². The summed E-state index contributed by atoms with van der Waals surface area (Å²) in [5.41, 5.74) is 4.56. The summed E-state index contributed by atoms with van der Waals surface area (Å²) in [6.07, 6.45) is 4.90. The molecular weight excluding hydrogens is 340 g/mol. The molecule has 1 N–H and O–H groups in total. The van der Waals surface area contributed by atoms with Gasteiger partial charge in [0.15, 0.2) is 0 Å². The van der Waals surface area contributed by atoms with Crippen molar-refractivity contribution in [2.45, 2.75) is 26.7 Å². The van der Waals surface area contributed by atoms with Crippen molar-refractivity contribution in [3.8, 4) is 11.3 Å². The van der Waals surface area contributed by atoms with E-state index in [4.69, 9.17) is 0 Å². The Balaban J connectivity index is 1.82. The van der Waals surface area contributed by atoms with E-state index in [9.17, 15) is 8.42 Å². The fourth-order valence-electron chi connectivity index (χ4n) is 3.30. The summed E-state index contributed by atoms with van der Waals surface area (Å²) >= 11 is 0. The number of hydrogen-bond acceptors (Lipinski definition) is 5. The van der Waals surface area contributed by atoms with E-state index in [-0.39, 0.29) is 5.92 Å². The average molecular weight is 364 g/mol. The lowest BCUT2D eigenvalue weighted by molar-refractivity contribution is 0.409. The second-order valence-corrected chi connectivity index (χ2v) is 8.81. The van der Waals surface area contributed by atoms with E-state index < -0.39 is 10.2 Å². The van der Waals surface area contributed by atoms with Crippen LogP contribution in [0.2, 0.25) is 0 Å². The molecule has 1 atom stereocenters. The molecule has 1 saturated heterocycles. The van der Waals surface area contributed by atoms with Crippen LogP contribution < -0.4 is 0 Å². The summed E-state index contributed by atoms with van der Waals surface area (Å²) in [6, 6.07) is 0. The number of nitrogens with one attached hydrogen (secondary N) is 1. The van der Waals surface area contributed by atoms with Gasteiger partial charge >= 0.3 is 0 Å². The van der Waals surface area contributed by atoms with Crippen LogP contribution >= 0.6 is 0 Å². The lowest BCUT2D eigenvalue weighted by Crippen LogP contribution is -2.38. The van der Waals surface area contributed by atoms with Crippen LogP contribution in [-0.4, -0.2) is 64.4 Å². The minimum Gasteiger partial charge on any atom is -0.282 e. The third-order valence-corrected chi connectivity index (χ3v) is 6.56. The second kappa shape index (κ2) is 6.81. The first kappa shape index (κ1) is 18.0. The number of aromatic nitrogens is 4. The molecule has 0 aromatic carbocycles. The topological polar surface area (TPSA) is 95.1 Å². The number of hydrogen-bond donors (Lipinski definition) is 1. The zero-order chi connectivity index (χ0) is 18.2. The Morgan fingerprint density at radius 2 is 2.00 bits per heavy atom. The standard InChI is InChI=1S/C16H24N6O2S/c1-11-15(12(2)20-19-11)16-14(17-6-7-18-16)9-13-5-8-22(10-13)25(23,24)21(3)4/h6-7,13H,5,8-10H2,1-4H3,(H,19,20)/t13-/m1/s1. The summed E-state index contributed by atoms with van der Waals surface area (Å²) in [5, 5.41) is 7.23. The van der Waals surface area contributed by atoms with Crippen LogP contribution in [0.5, 0.6) is 0 Å². The fourth-order valence-corrected chi connectivity index (χ4v) is 4.50. The van der Waals surface area contributed by atoms with Gasteiger partial charge in [-0.15, -0.1) is 0 Å². The molecular formula is C16H24N6O2S. The van der Waals surface area contributed by atoms with Gasteiger partial charge in [0.25, 0.3) is 10.2 Å². The summed E-state index contributed by atoms with van der Waals surface area (Å²) < 4.78 is 27.4. The highest BCUT2D eigenvalue weighted by molar-refractivity contribution is 7.86. The highest BCUT2D eigenvalue weighted by Gasteiger charge is 2.33. The molecule has 2 aromatic rings. The molecule has 2 aromatic heterocycles. The second-order valence-electron chi connectivity index (χ2n) is 6.67. The minimum atomic E-state index is -3.35. The van der Waals surface area contributed by atoms with Crippen LogP contribution in [0.15, 0.2) is 12.4 Å². The van der Waals surface area contributed by atoms with Crippen molar-refractivity contribution < 1.29 is 8.42 Å². The number of nitrogens with zero attached hydrogens (tertiary/aromatic N) is 5. The summed E-state index contributed by atoms with van der Waals surface area (Å²) in [4.78, 5) is 9.04. The zero-order valence-corrected chi connectivity index (χ0v) is 15.8. The predicted molar refractivity (Wildman–Crippen MR) is 95.1 cm³/mol. The number of H-pyrrole nitrogens is 1. The third kappa shape index (κ3) is 3.44. The number of aryl methyl sites for hydroxylation is 2. The van der Waals surface area contributed by atoms with Gasteiger partial charge in [0.1, 0.15) is 0 Å². The molecule has 1 aliphatic heterocycles. The first-order chi connectivity index (χ1) is 11.8. The lowest BCUT2D eigenvalue weighted by atomic mass is 9.98. The van der Waals surface area contributed by atoms with Crippen molar-refractivity contribution in [2.75, 3.05) is 27.2 Å². The molecule has 3 rings (SSSR count). The molecule has 25 heavy (non-hydrogen) atoms. The van der Waals surface area contributed by atoms with Crippen molar-refractivity contribution in [3.05, 3.63) is 29.5 Å². The van der Waals surface area contributed by atoms with Gasteiger partial charge in [0, 0.05) is 50.8 Å². The van der Waals surface area contributed by atoms with Gasteiger partial charge in [-0.25, -0.2) is 0 Å². The first-order valence-corrected chi connectivity index (χ1v) is 9.69. The molecule has 0 unspecified atom stereocenters. The lowest BCUT2D eigenvalue weighted by Gasteiger charge is -2.21. The van der Waals surface area contributed by atoms with E-state index in [1.54, 1.807) is 30.8 Å². The average Bonchev–Trinajstić information content (AvgIpc) is 3.16. The molecule has 0 saturated carbocycles. The predicted octanol–water partition coefficient (Wildman–Crippen LogP) is 1.15. The Bertz CT molecular complexity index is 842. The van der Waals surface area contributed by atoms with Gasteiger partial charge in [-0.2, -0.15) is 22.1 Å². The van der Waals surface area contributed by atoms with Crippen molar-refractivity contribution in [2.24, 2.45) is 5.92 Å². The molecule has 8 nitrogen and oxygen atoms in total. The van der Waals surface area contributed by atoms with Gasteiger partial charge in [-0.1, -0.05) is 0 Å². The SMILES string of the molecule is Cc1n[nH]c(C)c1-c1nccnc1C[C@H]1CCN(S(=O)(=O)N(C)C)C1. The summed E-state index contributed by atoms with van der Waals surface area (Å²) in [7, 11) is -0.226. The van der Waals surface area contributed by atoms with Crippen molar-refractivity contribution in [3.63, 3.8) is 0 Å². The van der Waals surface area contributed by atoms with Crippen LogP contribution in [0, 0.1) is 19.8 Å². The smallest absolute Gasteiger partial charge is 0.281 e. The maximum atomic E-state index is 12.3.